The highest BCUT2D eigenvalue weighted by molar-refractivity contribution is 8.00. The summed E-state index contributed by atoms with van der Waals surface area (Å²) in [6.07, 6.45) is 0.826. The number of hydrogen-bond acceptors (Lipinski definition) is 2. The van der Waals surface area contributed by atoms with Gasteiger partial charge in [-0.1, -0.05) is 13.0 Å². The first-order valence-corrected chi connectivity index (χ1v) is 4.81. The van der Waals surface area contributed by atoms with E-state index in [9.17, 15) is 8.78 Å². The van der Waals surface area contributed by atoms with E-state index in [0.29, 0.717) is 22.4 Å². The Hall–Kier alpha value is -0.770. The van der Waals surface area contributed by atoms with Crippen LogP contribution in [0.2, 0.25) is 0 Å². The Bertz CT molecular complexity index is 338. The zero-order chi connectivity index (χ0) is 9.47. The first-order chi connectivity index (χ1) is 6.11. The molecule has 0 amide bonds. The van der Waals surface area contributed by atoms with Crippen molar-refractivity contribution in [1.29, 1.82) is 0 Å². The second-order valence-corrected chi connectivity index (χ2v) is 3.92. The van der Waals surface area contributed by atoms with Crippen LogP contribution in [0.25, 0.3) is 0 Å². The molecule has 0 bridgehead atoms. The number of ether oxygens (including phenoxy) is 1. The Kier molecular flexibility index (Phi) is 1.95. The maximum absolute atomic E-state index is 12.7. The van der Waals surface area contributed by atoms with E-state index in [0.717, 1.165) is 12.0 Å². The monoisotopic (exact) mass is 202 g/mol. The van der Waals surface area contributed by atoms with E-state index >= 15 is 0 Å². The van der Waals surface area contributed by atoms with Crippen LogP contribution in [-0.2, 0) is 6.42 Å². The molecule has 0 atom stereocenters. The van der Waals surface area contributed by atoms with Crippen molar-refractivity contribution >= 4 is 11.8 Å². The van der Waals surface area contributed by atoms with Crippen LogP contribution in [0, 0.1) is 0 Å². The average Bonchev–Trinajstić information content (AvgIpc) is 2.36. The van der Waals surface area contributed by atoms with Gasteiger partial charge in [0.2, 0.25) is 0 Å². The van der Waals surface area contributed by atoms with E-state index in [4.69, 9.17) is 0 Å². The lowest BCUT2D eigenvalue weighted by Gasteiger charge is -2.05. The number of hydrogen-bond donors (Lipinski definition) is 0. The van der Waals surface area contributed by atoms with Gasteiger partial charge in [-0.25, -0.2) is 0 Å². The highest BCUT2D eigenvalue weighted by Crippen LogP contribution is 2.49. The number of halogens is 2. The molecule has 0 unspecified atom stereocenters. The summed E-state index contributed by atoms with van der Waals surface area (Å²) in [5.74, 6) is 0.300. The number of thioether (sulfide) groups is 1. The van der Waals surface area contributed by atoms with Crippen molar-refractivity contribution in [2.24, 2.45) is 0 Å². The van der Waals surface area contributed by atoms with Crippen molar-refractivity contribution in [3.63, 3.8) is 0 Å². The maximum Gasteiger partial charge on any atom is 0.457 e. The summed E-state index contributed by atoms with van der Waals surface area (Å²) in [5, 5.41) is 0. The van der Waals surface area contributed by atoms with Crippen LogP contribution >= 0.6 is 11.8 Å². The van der Waals surface area contributed by atoms with Crippen molar-refractivity contribution in [1.82, 2.24) is 0 Å². The molecule has 4 heteroatoms. The third-order valence-electron chi connectivity index (χ3n) is 1.87. The second-order valence-electron chi connectivity index (χ2n) is 2.80. The molecule has 0 radical (unpaired) electrons. The molecular weight excluding hydrogens is 194 g/mol. The van der Waals surface area contributed by atoms with Gasteiger partial charge in [0.25, 0.3) is 0 Å². The molecule has 0 saturated heterocycles. The minimum absolute atomic E-state index is 0.300. The molecule has 2 rings (SSSR count). The summed E-state index contributed by atoms with van der Waals surface area (Å²) in [7, 11) is 0. The molecule has 1 aliphatic rings. The summed E-state index contributed by atoms with van der Waals surface area (Å²) in [6.45, 7) is 1.97. The molecule has 1 aromatic carbocycles. The van der Waals surface area contributed by atoms with Crippen LogP contribution in [0.4, 0.5) is 8.78 Å². The first kappa shape index (κ1) is 8.81. The van der Waals surface area contributed by atoms with Crippen LogP contribution in [-0.4, -0.2) is 5.44 Å². The third-order valence-corrected chi connectivity index (χ3v) is 2.75. The number of fused-ring (bicyclic) bond motifs is 1. The number of benzene rings is 1. The van der Waals surface area contributed by atoms with Gasteiger partial charge < -0.3 is 4.74 Å². The molecule has 70 valence electrons. The smallest absolute Gasteiger partial charge is 0.423 e. The van der Waals surface area contributed by atoms with Crippen molar-refractivity contribution in [3.05, 3.63) is 23.8 Å². The van der Waals surface area contributed by atoms with Crippen LogP contribution in [0.1, 0.15) is 12.5 Å². The Morgan fingerprint density at radius 2 is 2.23 bits per heavy atom. The topological polar surface area (TPSA) is 9.23 Å². The quantitative estimate of drug-likeness (QED) is 0.691. The summed E-state index contributed by atoms with van der Waals surface area (Å²) < 4.78 is 29.9. The second kappa shape index (κ2) is 2.87. The van der Waals surface area contributed by atoms with Gasteiger partial charge in [0.05, 0.1) is 4.90 Å². The lowest BCUT2D eigenvalue weighted by molar-refractivity contribution is -0.0822. The van der Waals surface area contributed by atoms with Gasteiger partial charge in [-0.15, -0.1) is 0 Å². The minimum atomic E-state index is -3.09. The van der Waals surface area contributed by atoms with Gasteiger partial charge >= 0.3 is 5.44 Å². The standard InChI is InChI=1S/C9H8F2OS/c1-2-6-3-4-8-7(5-6)12-9(10,11)13-8/h3-5H,2H2,1H3. The fourth-order valence-corrected chi connectivity index (χ4v) is 1.94. The van der Waals surface area contributed by atoms with Crippen molar-refractivity contribution in [3.8, 4) is 5.75 Å². The Balaban J connectivity index is 2.36. The molecule has 13 heavy (non-hydrogen) atoms. The number of alkyl halides is 2. The van der Waals surface area contributed by atoms with Crippen LogP contribution in [0.5, 0.6) is 5.75 Å². The van der Waals surface area contributed by atoms with E-state index in [1.807, 2.05) is 13.0 Å². The molecule has 1 aliphatic heterocycles. The van der Waals surface area contributed by atoms with Crippen molar-refractivity contribution in [2.45, 2.75) is 23.7 Å². The molecule has 1 nitrogen and oxygen atoms in total. The fourth-order valence-electron chi connectivity index (χ4n) is 1.21. The zero-order valence-electron chi connectivity index (χ0n) is 7.01. The normalized spacial score (nSPS) is 18.1. The SMILES string of the molecule is CCc1ccc2c(c1)OC(F)(F)S2. The average molecular weight is 202 g/mol. The van der Waals surface area contributed by atoms with Crippen molar-refractivity contribution < 1.29 is 13.5 Å². The molecule has 0 aliphatic carbocycles. The lowest BCUT2D eigenvalue weighted by atomic mass is 10.2. The highest BCUT2D eigenvalue weighted by atomic mass is 32.2. The van der Waals surface area contributed by atoms with Gasteiger partial charge in [0.1, 0.15) is 5.75 Å². The first-order valence-electron chi connectivity index (χ1n) is 3.99. The molecule has 1 aromatic rings. The Morgan fingerprint density at radius 3 is 2.92 bits per heavy atom. The van der Waals surface area contributed by atoms with Crippen LogP contribution in [0.15, 0.2) is 23.1 Å². The van der Waals surface area contributed by atoms with E-state index in [2.05, 4.69) is 4.74 Å². The minimum Gasteiger partial charge on any atom is -0.423 e. The molecule has 0 aromatic heterocycles. The molecule has 0 fully saturated rings. The third kappa shape index (κ3) is 1.63. The highest BCUT2D eigenvalue weighted by Gasteiger charge is 2.41. The summed E-state index contributed by atoms with van der Waals surface area (Å²) >= 11 is 0.457. The van der Waals surface area contributed by atoms with E-state index in [-0.39, 0.29) is 0 Å². The van der Waals surface area contributed by atoms with Gasteiger partial charge in [0.15, 0.2) is 0 Å². The van der Waals surface area contributed by atoms with Crippen LogP contribution < -0.4 is 4.74 Å². The lowest BCUT2D eigenvalue weighted by Crippen LogP contribution is -2.13. The predicted molar refractivity (Wildman–Crippen MR) is 47.3 cm³/mol. The predicted octanol–water partition coefficient (Wildman–Crippen LogP) is 3.28. The van der Waals surface area contributed by atoms with E-state index in [1.54, 1.807) is 12.1 Å². The molecule has 1 heterocycles. The maximum atomic E-state index is 12.7. The van der Waals surface area contributed by atoms with Gasteiger partial charge in [-0.2, -0.15) is 8.78 Å². The van der Waals surface area contributed by atoms with Gasteiger partial charge in [-0.05, 0) is 35.9 Å². The molecular formula is C9H8F2OS. The molecule has 0 spiro atoms. The number of aryl methyl sites for hydroxylation is 1. The molecule has 0 N–H and O–H groups in total. The summed E-state index contributed by atoms with van der Waals surface area (Å²) in [4.78, 5) is 0.516. The van der Waals surface area contributed by atoms with Gasteiger partial charge in [0, 0.05) is 0 Å². The summed E-state index contributed by atoms with van der Waals surface area (Å²) in [5.41, 5.74) is -2.08. The molecule has 0 saturated carbocycles. The summed E-state index contributed by atoms with van der Waals surface area (Å²) in [6, 6.07) is 5.19. The van der Waals surface area contributed by atoms with E-state index in [1.165, 1.54) is 0 Å². The van der Waals surface area contributed by atoms with Crippen molar-refractivity contribution in [2.75, 3.05) is 0 Å². The largest absolute Gasteiger partial charge is 0.457 e. The Labute approximate surface area is 79.1 Å². The number of rotatable bonds is 1. The Morgan fingerprint density at radius 1 is 1.46 bits per heavy atom. The zero-order valence-corrected chi connectivity index (χ0v) is 7.83. The fraction of sp³-hybridized carbons (Fsp3) is 0.333. The van der Waals surface area contributed by atoms with E-state index < -0.39 is 5.44 Å². The van der Waals surface area contributed by atoms with Gasteiger partial charge in [-0.3, -0.25) is 0 Å². The van der Waals surface area contributed by atoms with Crippen LogP contribution in [0.3, 0.4) is 0 Å².